The zero-order chi connectivity index (χ0) is 22.4. The van der Waals surface area contributed by atoms with Gasteiger partial charge in [0.05, 0.1) is 26.7 Å². The molecular weight excluding hydrogens is 390 g/mol. The highest BCUT2D eigenvalue weighted by Crippen LogP contribution is 2.21. The quantitative estimate of drug-likeness (QED) is 0.385. The molecular formula is C22H31NO7. The molecule has 166 valence electrons. The van der Waals surface area contributed by atoms with E-state index in [1.165, 1.54) is 14.2 Å². The first kappa shape index (κ1) is 25.1. The van der Waals surface area contributed by atoms with Crippen LogP contribution in [0.15, 0.2) is 30.3 Å². The Morgan fingerprint density at radius 1 is 0.900 bits per heavy atom. The van der Waals surface area contributed by atoms with Crippen molar-refractivity contribution in [2.45, 2.75) is 51.5 Å². The molecule has 0 unspecified atom stereocenters. The maximum absolute atomic E-state index is 12.7. The first-order chi connectivity index (χ1) is 14.4. The van der Waals surface area contributed by atoms with Gasteiger partial charge in [0.1, 0.15) is 0 Å². The Balaban J connectivity index is 2.96. The zero-order valence-electron chi connectivity index (χ0n) is 17.8. The van der Waals surface area contributed by atoms with Crippen molar-refractivity contribution in [3.8, 4) is 0 Å². The van der Waals surface area contributed by atoms with Crippen molar-refractivity contribution in [2.75, 3.05) is 20.8 Å². The number of ether oxygens (including phenoxy) is 3. The lowest BCUT2D eigenvalue weighted by Crippen LogP contribution is -2.44. The molecule has 8 nitrogen and oxygen atoms in total. The highest BCUT2D eigenvalue weighted by molar-refractivity contribution is 5.94. The lowest BCUT2D eigenvalue weighted by Gasteiger charge is -2.27. The molecule has 0 aliphatic carbocycles. The van der Waals surface area contributed by atoms with Gasteiger partial charge < -0.3 is 19.5 Å². The predicted molar refractivity (Wildman–Crippen MR) is 110 cm³/mol. The van der Waals surface area contributed by atoms with Crippen molar-refractivity contribution in [3.63, 3.8) is 0 Å². The van der Waals surface area contributed by atoms with Gasteiger partial charge in [0.25, 0.3) is 5.91 Å². The molecule has 1 aromatic rings. The van der Waals surface area contributed by atoms with Crippen LogP contribution in [0, 0.1) is 5.92 Å². The minimum absolute atomic E-state index is 0.161. The Morgan fingerprint density at radius 3 is 2.00 bits per heavy atom. The third-order valence-corrected chi connectivity index (χ3v) is 4.67. The van der Waals surface area contributed by atoms with E-state index in [1.807, 2.05) is 0 Å². The van der Waals surface area contributed by atoms with Crippen molar-refractivity contribution in [1.29, 1.82) is 0 Å². The molecule has 0 spiro atoms. The van der Waals surface area contributed by atoms with Crippen LogP contribution in [0.4, 0.5) is 0 Å². The summed E-state index contributed by atoms with van der Waals surface area (Å²) in [5.41, 5.74) is 0.465. The number of esters is 3. The van der Waals surface area contributed by atoms with Gasteiger partial charge in [-0.15, -0.1) is 0 Å². The minimum Gasteiger partial charge on any atom is -0.469 e. The molecule has 0 aromatic heterocycles. The Labute approximate surface area is 177 Å². The molecule has 8 heteroatoms. The van der Waals surface area contributed by atoms with Crippen LogP contribution in [-0.4, -0.2) is 50.7 Å². The van der Waals surface area contributed by atoms with Crippen molar-refractivity contribution < 1.29 is 33.4 Å². The third-order valence-electron chi connectivity index (χ3n) is 4.67. The molecule has 0 fully saturated rings. The van der Waals surface area contributed by atoms with Gasteiger partial charge in [-0.2, -0.15) is 0 Å². The Kier molecular flexibility index (Phi) is 11.8. The molecule has 1 rings (SSSR count). The number of hydrogen-bond donors (Lipinski definition) is 1. The van der Waals surface area contributed by atoms with E-state index in [0.29, 0.717) is 31.2 Å². The van der Waals surface area contributed by atoms with Crippen LogP contribution in [0.1, 0.15) is 55.8 Å². The first-order valence-electron chi connectivity index (χ1n) is 10.1. The van der Waals surface area contributed by atoms with E-state index in [2.05, 4.69) is 14.8 Å². The van der Waals surface area contributed by atoms with E-state index in [-0.39, 0.29) is 37.3 Å². The van der Waals surface area contributed by atoms with Crippen LogP contribution < -0.4 is 5.32 Å². The van der Waals surface area contributed by atoms with Gasteiger partial charge in [0.2, 0.25) is 0 Å². The van der Waals surface area contributed by atoms with Crippen molar-refractivity contribution in [3.05, 3.63) is 35.9 Å². The van der Waals surface area contributed by atoms with Gasteiger partial charge in [0.15, 0.2) is 0 Å². The topological polar surface area (TPSA) is 108 Å². The monoisotopic (exact) mass is 421 g/mol. The van der Waals surface area contributed by atoms with Gasteiger partial charge in [0, 0.05) is 24.4 Å². The number of carbonyl (C=O) groups is 4. The maximum atomic E-state index is 12.7. The fraction of sp³-hybridized carbons (Fsp3) is 0.545. The molecule has 1 aromatic carbocycles. The van der Waals surface area contributed by atoms with Crippen LogP contribution >= 0.6 is 0 Å². The van der Waals surface area contributed by atoms with Crippen LogP contribution in [-0.2, 0) is 28.6 Å². The summed E-state index contributed by atoms with van der Waals surface area (Å²) in [5, 5.41) is 2.91. The fourth-order valence-corrected chi connectivity index (χ4v) is 3.08. The van der Waals surface area contributed by atoms with E-state index in [9.17, 15) is 19.2 Å². The van der Waals surface area contributed by atoms with Crippen LogP contribution in [0.2, 0.25) is 0 Å². The van der Waals surface area contributed by atoms with Crippen LogP contribution in [0.3, 0.4) is 0 Å². The minimum atomic E-state index is -0.653. The highest BCUT2D eigenvalue weighted by atomic mass is 16.5. The highest BCUT2D eigenvalue weighted by Gasteiger charge is 2.31. The SMILES string of the molecule is CCOC(=O)[C@H](CCCC(=O)OC)[C@@H](CCCC(=O)OC)NC(=O)c1ccccc1. The smallest absolute Gasteiger partial charge is 0.311 e. The number of nitrogens with one attached hydrogen (secondary N) is 1. The third kappa shape index (κ3) is 9.07. The Bertz CT molecular complexity index is 690. The largest absolute Gasteiger partial charge is 0.469 e. The molecule has 0 radical (unpaired) electrons. The van der Waals surface area contributed by atoms with Gasteiger partial charge in [-0.05, 0) is 44.7 Å². The molecule has 1 amide bonds. The van der Waals surface area contributed by atoms with E-state index < -0.39 is 17.9 Å². The standard InChI is InChI=1S/C22H31NO7/c1-4-30-22(27)17(12-8-14-19(24)28-2)18(13-9-15-20(25)29-3)23-21(26)16-10-6-5-7-11-16/h5-7,10-11,17-18H,4,8-9,12-15H2,1-3H3,(H,23,26)/t17-,18-/m1/s1. The van der Waals surface area contributed by atoms with Crippen molar-refractivity contribution in [1.82, 2.24) is 5.32 Å². The molecule has 1 N–H and O–H groups in total. The maximum Gasteiger partial charge on any atom is 0.311 e. The first-order valence-corrected chi connectivity index (χ1v) is 10.1. The fourth-order valence-electron chi connectivity index (χ4n) is 3.08. The number of carbonyl (C=O) groups excluding carboxylic acids is 4. The van der Waals surface area contributed by atoms with Crippen LogP contribution in [0.5, 0.6) is 0 Å². The van der Waals surface area contributed by atoms with Gasteiger partial charge in [-0.3, -0.25) is 19.2 Å². The summed E-state index contributed by atoms with van der Waals surface area (Å²) in [7, 11) is 2.62. The van der Waals surface area contributed by atoms with E-state index in [0.717, 1.165) is 0 Å². The summed E-state index contributed by atoms with van der Waals surface area (Å²) in [6.07, 6.45) is 1.89. The summed E-state index contributed by atoms with van der Waals surface area (Å²) in [6.45, 7) is 1.91. The predicted octanol–water partition coefficient (Wildman–Crippen LogP) is 2.65. The van der Waals surface area contributed by atoms with E-state index >= 15 is 0 Å². The Morgan fingerprint density at radius 2 is 1.47 bits per heavy atom. The van der Waals surface area contributed by atoms with Crippen LogP contribution in [0.25, 0.3) is 0 Å². The second kappa shape index (κ2) is 14.1. The summed E-state index contributed by atoms with van der Waals surface area (Å²) in [4.78, 5) is 48.2. The molecule has 0 aliphatic rings. The molecule has 0 bridgehead atoms. The number of benzene rings is 1. The summed E-state index contributed by atoms with van der Waals surface area (Å²) in [6, 6.07) is 8.10. The average molecular weight is 421 g/mol. The van der Waals surface area contributed by atoms with Crippen molar-refractivity contribution >= 4 is 23.8 Å². The summed E-state index contributed by atoms with van der Waals surface area (Å²) < 4.78 is 14.5. The second-order valence-electron chi connectivity index (χ2n) is 6.74. The van der Waals surface area contributed by atoms with Gasteiger partial charge in [-0.25, -0.2) is 0 Å². The second-order valence-corrected chi connectivity index (χ2v) is 6.74. The normalized spacial score (nSPS) is 12.4. The van der Waals surface area contributed by atoms with Gasteiger partial charge >= 0.3 is 17.9 Å². The zero-order valence-corrected chi connectivity index (χ0v) is 17.8. The molecule has 0 saturated heterocycles. The van der Waals surface area contributed by atoms with E-state index in [4.69, 9.17) is 4.74 Å². The average Bonchev–Trinajstić information content (AvgIpc) is 2.76. The molecule has 2 atom stereocenters. The lowest BCUT2D eigenvalue weighted by atomic mass is 9.89. The Hall–Kier alpha value is -2.90. The van der Waals surface area contributed by atoms with E-state index in [1.54, 1.807) is 37.3 Å². The number of rotatable bonds is 13. The van der Waals surface area contributed by atoms with Gasteiger partial charge in [-0.1, -0.05) is 18.2 Å². The molecule has 0 saturated carbocycles. The lowest BCUT2D eigenvalue weighted by molar-refractivity contribution is -0.150. The number of hydrogen-bond acceptors (Lipinski definition) is 7. The summed E-state index contributed by atoms with van der Waals surface area (Å²) in [5.74, 6) is -2.14. The number of amides is 1. The molecule has 30 heavy (non-hydrogen) atoms. The summed E-state index contributed by atoms with van der Waals surface area (Å²) >= 11 is 0. The molecule has 0 heterocycles. The molecule has 0 aliphatic heterocycles. The van der Waals surface area contributed by atoms with Crippen molar-refractivity contribution in [2.24, 2.45) is 5.92 Å². The number of methoxy groups -OCH3 is 2.